The molecule has 0 aliphatic heterocycles. The molecule has 0 atom stereocenters. The van der Waals surface area contributed by atoms with E-state index in [4.69, 9.17) is 10.5 Å². The Morgan fingerprint density at radius 3 is 2.17 bits per heavy atom. The maximum atomic E-state index is 12.7. The predicted octanol–water partition coefficient (Wildman–Crippen LogP) is 1.64. The molecule has 62 valence electrons. The summed E-state index contributed by atoms with van der Waals surface area (Å²) in [6.45, 7) is 0. The summed E-state index contributed by atoms with van der Waals surface area (Å²) in [5.74, 6) is -2.01. The third-order valence-electron chi connectivity index (χ3n) is 1.28. The van der Waals surface area contributed by atoms with Crippen molar-refractivity contribution in [3.63, 3.8) is 0 Å². The van der Waals surface area contributed by atoms with E-state index in [0.717, 1.165) is 12.1 Å². The largest absolute Gasteiger partial charge is 0.291 e. The van der Waals surface area contributed by atoms with Crippen LogP contribution < -0.4 is 5.48 Å². The number of halogens is 2. The van der Waals surface area contributed by atoms with Gasteiger partial charge in [-0.2, -0.15) is 5.26 Å². The molecule has 0 fully saturated rings. The highest BCUT2D eigenvalue weighted by Gasteiger charge is 2.09. The van der Waals surface area contributed by atoms with Crippen molar-refractivity contribution in [2.75, 3.05) is 5.48 Å². The molecule has 0 aromatic heterocycles. The maximum absolute atomic E-state index is 12.7. The van der Waals surface area contributed by atoms with Crippen molar-refractivity contribution in [1.82, 2.24) is 0 Å². The van der Waals surface area contributed by atoms with Gasteiger partial charge >= 0.3 is 0 Å². The van der Waals surface area contributed by atoms with Crippen molar-refractivity contribution in [1.29, 1.82) is 5.26 Å². The quantitative estimate of drug-likeness (QED) is 0.630. The minimum absolute atomic E-state index is 0.135. The number of nitrogens with zero attached hydrogens (tertiary/aromatic N) is 1. The van der Waals surface area contributed by atoms with Crippen LogP contribution in [0.1, 0.15) is 5.56 Å². The SMILES string of the molecule is N#Cc1cc(F)c(NO)c(F)c1. The van der Waals surface area contributed by atoms with Crippen molar-refractivity contribution < 1.29 is 14.0 Å². The zero-order valence-electron chi connectivity index (χ0n) is 5.81. The number of benzene rings is 1. The van der Waals surface area contributed by atoms with Crippen LogP contribution in [-0.2, 0) is 0 Å². The van der Waals surface area contributed by atoms with Gasteiger partial charge in [-0.25, -0.2) is 8.78 Å². The summed E-state index contributed by atoms with van der Waals surface area (Å²) in [5, 5.41) is 16.5. The lowest BCUT2D eigenvalue weighted by atomic mass is 10.2. The number of nitriles is 1. The summed E-state index contributed by atoms with van der Waals surface area (Å²) in [7, 11) is 0. The Balaban J connectivity index is 3.30. The van der Waals surface area contributed by atoms with Gasteiger partial charge in [-0.05, 0) is 12.1 Å². The second-order valence-electron chi connectivity index (χ2n) is 2.04. The van der Waals surface area contributed by atoms with Crippen molar-refractivity contribution >= 4 is 5.69 Å². The first-order chi connectivity index (χ1) is 5.69. The van der Waals surface area contributed by atoms with Crippen LogP contribution in [0.3, 0.4) is 0 Å². The fraction of sp³-hybridized carbons (Fsp3) is 0. The van der Waals surface area contributed by atoms with E-state index in [1.807, 2.05) is 0 Å². The molecule has 1 aromatic rings. The van der Waals surface area contributed by atoms with Crippen molar-refractivity contribution in [2.45, 2.75) is 0 Å². The van der Waals surface area contributed by atoms with Crippen LogP contribution in [0.4, 0.5) is 14.5 Å². The molecule has 3 nitrogen and oxygen atoms in total. The van der Waals surface area contributed by atoms with Crippen LogP contribution in [0.2, 0.25) is 0 Å². The molecule has 1 aromatic carbocycles. The fourth-order valence-electron chi connectivity index (χ4n) is 0.744. The highest BCUT2D eigenvalue weighted by molar-refractivity contribution is 5.48. The number of rotatable bonds is 1. The molecule has 12 heavy (non-hydrogen) atoms. The number of hydrogen-bond donors (Lipinski definition) is 2. The smallest absolute Gasteiger partial charge is 0.152 e. The van der Waals surface area contributed by atoms with Crippen LogP contribution in [-0.4, -0.2) is 5.21 Å². The summed E-state index contributed by atoms with van der Waals surface area (Å²) in [6, 6.07) is 3.21. The summed E-state index contributed by atoms with van der Waals surface area (Å²) >= 11 is 0. The van der Waals surface area contributed by atoms with Crippen LogP contribution in [0.15, 0.2) is 12.1 Å². The lowest BCUT2D eigenvalue weighted by molar-refractivity contribution is 0.378. The molecule has 0 aliphatic carbocycles. The molecule has 0 radical (unpaired) electrons. The third-order valence-corrected chi connectivity index (χ3v) is 1.28. The number of nitrogens with one attached hydrogen (secondary N) is 1. The van der Waals surface area contributed by atoms with Gasteiger partial charge in [0.1, 0.15) is 5.69 Å². The van der Waals surface area contributed by atoms with E-state index in [0.29, 0.717) is 0 Å². The van der Waals surface area contributed by atoms with E-state index in [1.165, 1.54) is 5.48 Å². The summed E-state index contributed by atoms with van der Waals surface area (Å²) < 4.78 is 25.4. The lowest BCUT2D eigenvalue weighted by Gasteiger charge is -2.01. The first-order valence-electron chi connectivity index (χ1n) is 2.98. The lowest BCUT2D eigenvalue weighted by Crippen LogP contribution is -1.98. The molecule has 0 saturated heterocycles. The molecule has 0 amide bonds. The Bertz CT molecular complexity index is 323. The highest BCUT2D eigenvalue weighted by atomic mass is 19.1. The molecule has 0 unspecified atom stereocenters. The number of hydrogen-bond acceptors (Lipinski definition) is 3. The van der Waals surface area contributed by atoms with Gasteiger partial charge in [-0.3, -0.25) is 10.7 Å². The molecule has 0 spiro atoms. The third kappa shape index (κ3) is 1.33. The van der Waals surface area contributed by atoms with E-state index in [2.05, 4.69) is 0 Å². The van der Waals surface area contributed by atoms with Crippen molar-refractivity contribution in [2.24, 2.45) is 0 Å². The van der Waals surface area contributed by atoms with E-state index < -0.39 is 17.3 Å². The van der Waals surface area contributed by atoms with Gasteiger partial charge in [-0.15, -0.1) is 0 Å². The summed E-state index contributed by atoms with van der Waals surface area (Å²) in [5.41, 5.74) is 0.562. The highest BCUT2D eigenvalue weighted by Crippen LogP contribution is 2.19. The molecule has 2 N–H and O–H groups in total. The molecule has 0 aliphatic rings. The molecule has 0 heterocycles. The van der Waals surface area contributed by atoms with E-state index >= 15 is 0 Å². The minimum atomic E-state index is -1.01. The van der Waals surface area contributed by atoms with Gasteiger partial charge in [0.05, 0.1) is 11.6 Å². The van der Waals surface area contributed by atoms with Crippen LogP contribution in [0.5, 0.6) is 0 Å². The van der Waals surface area contributed by atoms with Gasteiger partial charge in [-0.1, -0.05) is 0 Å². The van der Waals surface area contributed by atoms with E-state index in [1.54, 1.807) is 6.07 Å². The van der Waals surface area contributed by atoms with E-state index in [-0.39, 0.29) is 5.56 Å². The first-order valence-corrected chi connectivity index (χ1v) is 2.98. The Morgan fingerprint density at radius 2 is 1.83 bits per heavy atom. The van der Waals surface area contributed by atoms with Crippen molar-refractivity contribution in [3.05, 3.63) is 29.3 Å². The Labute approximate surface area is 66.8 Å². The van der Waals surface area contributed by atoms with Gasteiger partial charge in [0.2, 0.25) is 0 Å². The van der Waals surface area contributed by atoms with Crippen LogP contribution >= 0.6 is 0 Å². The first kappa shape index (κ1) is 8.43. The summed E-state index contributed by atoms with van der Waals surface area (Å²) in [4.78, 5) is 0. The minimum Gasteiger partial charge on any atom is -0.291 e. The zero-order chi connectivity index (χ0) is 9.14. The normalized spacial score (nSPS) is 9.17. The average molecular weight is 170 g/mol. The van der Waals surface area contributed by atoms with Gasteiger partial charge in [0.15, 0.2) is 11.6 Å². The van der Waals surface area contributed by atoms with Gasteiger partial charge in [0.25, 0.3) is 0 Å². The Hall–Kier alpha value is -1.67. The second-order valence-corrected chi connectivity index (χ2v) is 2.04. The molecule has 0 bridgehead atoms. The second kappa shape index (κ2) is 3.15. The van der Waals surface area contributed by atoms with E-state index in [9.17, 15) is 8.78 Å². The fourth-order valence-corrected chi connectivity index (χ4v) is 0.744. The molecule has 0 saturated carbocycles. The van der Waals surface area contributed by atoms with Crippen LogP contribution in [0.25, 0.3) is 0 Å². The summed E-state index contributed by atoms with van der Waals surface area (Å²) in [6.07, 6.45) is 0. The molecular formula is C7H4F2N2O. The Morgan fingerprint density at radius 1 is 1.33 bits per heavy atom. The average Bonchev–Trinajstić information content (AvgIpc) is 2.03. The predicted molar refractivity (Wildman–Crippen MR) is 36.5 cm³/mol. The molecular weight excluding hydrogens is 166 g/mol. The molecule has 5 heteroatoms. The van der Waals surface area contributed by atoms with Gasteiger partial charge in [0, 0.05) is 0 Å². The Kier molecular flexibility index (Phi) is 2.21. The monoisotopic (exact) mass is 170 g/mol. The zero-order valence-corrected chi connectivity index (χ0v) is 5.81. The molecule has 1 rings (SSSR count). The maximum Gasteiger partial charge on any atom is 0.152 e. The van der Waals surface area contributed by atoms with Crippen LogP contribution in [0, 0.1) is 23.0 Å². The van der Waals surface area contributed by atoms with Crippen molar-refractivity contribution in [3.8, 4) is 6.07 Å². The topological polar surface area (TPSA) is 56.0 Å². The number of anilines is 1. The van der Waals surface area contributed by atoms with Gasteiger partial charge < -0.3 is 0 Å². The standard InChI is InChI=1S/C7H4F2N2O/c8-5-1-4(3-10)2-6(9)7(5)11-12/h1-2,11-12H.